The summed E-state index contributed by atoms with van der Waals surface area (Å²) in [7, 11) is 0. The van der Waals surface area contributed by atoms with E-state index in [-0.39, 0.29) is 18.8 Å². The monoisotopic (exact) mass is 378 g/mol. The third-order valence-electron chi connectivity index (χ3n) is 5.67. The van der Waals surface area contributed by atoms with E-state index in [1.165, 1.54) is 12.1 Å². The van der Waals surface area contributed by atoms with Crippen LogP contribution in [0.15, 0.2) is 54.6 Å². The lowest BCUT2D eigenvalue weighted by Gasteiger charge is -2.31. The molecule has 0 aromatic heterocycles. The van der Waals surface area contributed by atoms with Crippen molar-refractivity contribution in [1.29, 1.82) is 0 Å². The third-order valence-corrected chi connectivity index (χ3v) is 5.67. The Morgan fingerprint density at radius 2 is 1.71 bits per heavy atom. The molecule has 28 heavy (non-hydrogen) atoms. The van der Waals surface area contributed by atoms with Crippen molar-refractivity contribution in [3.63, 3.8) is 0 Å². The van der Waals surface area contributed by atoms with Gasteiger partial charge in [-0.1, -0.05) is 30.3 Å². The van der Waals surface area contributed by atoms with E-state index in [9.17, 15) is 19.1 Å². The molecule has 4 rings (SSSR count). The first-order chi connectivity index (χ1) is 13.5. The molecule has 0 saturated heterocycles. The van der Waals surface area contributed by atoms with Crippen LogP contribution >= 0.6 is 0 Å². The van der Waals surface area contributed by atoms with Crippen LogP contribution in [0.4, 0.5) is 4.39 Å². The van der Waals surface area contributed by atoms with Gasteiger partial charge in [-0.05, 0) is 70.1 Å². The Morgan fingerprint density at radius 3 is 2.43 bits per heavy atom. The van der Waals surface area contributed by atoms with Gasteiger partial charge in [-0.25, -0.2) is 4.39 Å². The number of benzene rings is 3. The van der Waals surface area contributed by atoms with E-state index in [1.54, 1.807) is 6.07 Å². The molecule has 0 fully saturated rings. The Labute approximate surface area is 161 Å². The van der Waals surface area contributed by atoms with Gasteiger partial charge in [0.05, 0.1) is 6.61 Å². The maximum atomic E-state index is 14.2. The van der Waals surface area contributed by atoms with Crippen molar-refractivity contribution >= 4 is 23.2 Å². The van der Waals surface area contributed by atoms with E-state index in [0.717, 1.165) is 33.0 Å². The van der Waals surface area contributed by atoms with Crippen molar-refractivity contribution in [3.8, 4) is 11.1 Å². The predicted octanol–water partition coefficient (Wildman–Crippen LogP) is 4.67. The van der Waals surface area contributed by atoms with Crippen LogP contribution in [-0.4, -0.2) is 24.2 Å². The standard InChI is InChI=1S/C23H19FO4/c24-17-5-6-18-19-11-15-3-1-2-4-16(15)12-20(19)23(21(18)13-17,8-7-22(26)27)9-10-28-14-25/h1-6,11-14H,7-10H2,(H,26,27). The molecule has 0 amide bonds. The fourth-order valence-corrected chi connectivity index (χ4v) is 4.42. The molecule has 1 atom stereocenters. The van der Waals surface area contributed by atoms with Crippen molar-refractivity contribution in [2.75, 3.05) is 6.61 Å². The first kappa shape index (κ1) is 18.2. The van der Waals surface area contributed by atoms with E-state index < -0.39 is 11.4 Å². The molecule has 1 unspecified atom stereocenters. The number of carboxylic acid groups (broad SMARTS) is 1. The zero-order chi connectivity index (χ0) is 19.7. The van der Waals surface area contributed by atoms with Gasteiger partial charge in [0.1, 0.15) is 5.82 Å². The molecule has 3 aromatic carbocycles. The summed E-state index contributed by atoms with van der Waals surface area (Å²) in [6.07, 6.45) is 0.621. The molecular weight excluding hydrogens is 359 g/mol. The number of aliphatic carboxylic acids is 1. The summed E-state index contributed by atoms with van der Waals surface area (Å²) in [5, 5.41) is 11.4. The molecule has 142 valence electrons. The highest BCUT2D eigenvalue weighted by Crippen LogP contribution is 2.54. The lowest BCUT2D eigenvalue weighted by Crippen LogP contribution is -2.28. The lowest BCUT2D eigenvalue weighted by atomic mass is 9.72. The van der Waals surface area contributed by atoms with Crippen molar-refractivity contribution in [2.45, 2.75) is 24.7 Å². The van der Waals surface area contributed by atoms with Gasteiger partial charge >= 0.3 is 5.97 Å². The number of halogens is 1. The number of ether oxygens (including phenoxy) is 1. The Bertz CT molecular complexity index is 1080. The Balaban J connectivity index is 1.97. The predicted molar refractivity (Wildman–Crippen MR) is 104 cm³/mol. The van der Waals surface area contributed by atoms with E-state index in [2.05, 4.69) is 12.1 Å². The van der Waals surface area contributed by atoms with Gasteiger partial charge in [-0.15, -0.1) is 0 Å². The minimum absolute atomic E-state index is 0.0662. The largest absolute Gasteiger partial charge is 0.481 e. The van der Waals surface area contributed by atoms with Crippen LogP contribution in [0.3, 0.4) is 0 Å². The number of carboxylic acids is 1. The van der Waals surface area contributed by atoms with Crippen molar-refractivity contribution < 1.29 is 23.8 Å². The summed E-state index contributed by atoms with van der Waals surface area (Å²) < 4.78 is 19.1. The Hall–Kier alpha value is -3.21. The molecule has 0 spiro atoms. The molecule has 0 heterocycles. The topological polar surface area (TPSA) is 63.6 Å². The summed E-state index contributed by atoms with van der Waals surface area (Å²) in [6.45, 7) is 0.513. The average molecular weight is 378 g/mol. The zero-order valence-electron chi connectivity index (χ0n) is 15.2. The lowest BCUT2D eigenvalue weighted by molar-refractivity contribution is -0.137. The van der Waals surface area contributed by atoms with Crippen LogP contribution in [-0.2, 0) is 19.7 Å². The van der Waals surface area contributed by atoms with E-state index in [1.807, 2.05) is 24.3 Å². The molecule has 0 radical (unpaired) electrons. The summed E-state index contributed by atoms with van der Waals surface area (Å²) in [5.41, 5.74) is 2.87. The van der Waals surface area contributed by atoms with Crippen LogP contribution in [0, 0.1) is 5.82 Å². The summed E-state index contributed by atoms with van der Waals surface area (Å²) in [4.78, 5) is 22.1. The van der Waals surface area contributed by atoms with Gasteiger partial charge in [-0.2, -0.15) is 0 Å². The molecule has 4 nitrogen and oxygen atoms in total. The summed E-state index contributed by atoms with van der Waals surface area (Å²) in [6, 6.07) is 16.7. The van der Waals surface area contributed by atoms with Gasteiger partial charge in [0.25, 0.3) is 6.47 Å². The molecule has 5 heteroatoms. The smallest absolute Gasteiger partial charge is 0.303 e. The number of rotatable bonds is 7. The molecule has 1 aliphatic rings. The van der Waals surface area contributed by atoms with Gasteiger partial charge in [-0.3, -0.25) is 9.59 Å². The van der Waals surface area contributed by atoms with Gasteiger partial charge in [0, 0.05) is 11.8 Å². The summed E-state index contributed by atoms with van der Waals surface area (Å²) >= 11 is 0. The molecule has 0 aliphatic heterocycles. The molecule has 0 bridgehead atoms. The maximum Gasteiger partial charge on any atom is 0.303 e. The van der Waals surface area contributed by atoms with Crippen molar-refractivity contribution in [2.24, 2.45) is 0 Å². The number of hydrogen-bond acceptors (Lipinski definition) is 3. The fourth-order valence-electron chi connectivity index (χ4n) is 4.42. The fraction of sp³-hybridized carbons (Fsp3) is 0.217. The SMILES string of the molecule is O=COCCC1(CCC(=O)O)c2cc(F)ccc2-c2cc3ccccc3cc21. The quantitative estimate of drug-likeness (QED) is 0.479. The second-order valence-electron chi connectivity index (χ2n) is 7.13. The zero-order valence-corrected chi connectivity index (χ0v) is 15.2. The van der Waals surface area contributed by atoms with Crippen molar-refractivity contribution in [3.05, 3.63) is 71.5 Å². The highest BCUT2D eigenvalue weighted by Gasteiger charge is 2.43. The van der Waals surface area contributed by atoms with E-state index in [0.29, 0.717) is 19.3 Å². The van der Waals surface area contributed by atoms with Gasteiger partial charge < -0.3 is 9.84 Å². The molecule has 0 saturated carbocycles. The minimum Gasteiger partial charge on any atom is -0.481 e. The van der Waals surface area contributed by atoms with Gasteiger partial charge in [0.2, 0.25) is 0 Å². The van der Waals surface area contributed by atoms with Crippen LogP contribution in [0.5, 0.6) is 0 Å². The minimum atomic E-state index is -0.914. The molecule has 1 N–H and O–H groups in total. The first-order valence-electron chi connectivity index (χ1n) is 9.16. The van der Waals surface area contributed by atoms with Crippen LogP contribution in [0.25, 0.3) is 21.9 Å². The summed E-state index contributed by atoms with van der Waals surface area (Å²) in [5.74, 6) is -1.28. The highest BCUT2D eigenvalue weighted by atomic mass is 19.1. The number of hydrogen-bond donors (Lipinski definition) is 1. The Kier molecular flexibility index (Phi) is 4.59. The number of fused-ring (bicyclic) bond motifs is 4. The molecular formula is C23H19FO4. The first-order valence-corrected chi connectivity index (χ1v) is 9.16. The highest BCUT2D eigenvalue weighted by molar-refractivity contribution is 5.93. The second-order valence-corrected chi connectivity index (χ2v) is 7.13. The number of carbonyl (C=O) groups is 2. The van der Waals surface area contributed by atoms with Crippen molar-refractivity contribution in [1.82, 2.24) is 0 Å². The average Bonchev–Trinajstić information content (AvgIpc) is 2.94. The molecule has 1 aliphatic carbocycles. The number of carbonyl (C=O) groups excluding carboxylic acids is 1. The van der Waals surface area contributed by atoms with E-state index in [4.69, 9.17) is 4.74 Å². The van der Waals surface area contributed by atoms with Crippen LogP contribution < -0.4 is 0 Å². The second kappa shape index (κ2) is 7.08. The van der Waals surface area contributed by atoms with E-state index >= 15 is 0 Å². The normalized spacial score (nSPS) is 17.2. The molecule has 3 aromatic rings. The Morgan fingerprint density at radius 1 is 1.00 bits per heavy atom. The maximum absolute atomic E-state index is 14.2. The van der Waals surface area contributed by atoms with Gasteiger partial charge in [0.15, 0.2) is 0 Å². The van der Waals surface area contributed by atoms with Crippen LogP contribution in [0.1, 0.15) is 30.4 Å². The third kappa shape index (κ3) is 2.93. The van der Waals surface area contributed by atoms with Crippen LogP contribution in [0.2, 0.25) is 0 Å².